The highest BCUT2D eigenvalue weighted by molar-refractivity contribution is 7.22. The van der Waals surface area contributed by atoms with E-state index in [0.717, 1.165) is 22.2 Å². The normalized spacial score (nSPS) is 11.4. The number of nitrogens with one attached hydrogen (secondary N) is 2. The molecule has 0 saturated carbocycles. The summed E-state index contributed by atoms with van der Waals surface area (Å²) in [5.74, 6) is -0.604. The van der Waals surface area contributed by atoms with E-state index in [-0.39, 0.29) is 17.6 Å². The minimum atomic E-state index is -0.389. The van der Waals surface area contributed by atoms with Gasteiger partial charge in [-0.05, 0) is 66.4 Å². The number of nitrogen functional groups attached to an aromatic ring is 1. The first-order valence-electron chi connectivity index (χ1n) is 12.3. The van der Waals surface area contributed by atoms with Gasteiger partial charge < -0.3 is 16.4 Å². The molecule has 10 heteroatoms. The largest absolute Gasteiger partial charge is 0.375 e. The molecule has 0 spiro atoms. The second kappa shape index (κ2) is 10.6. The van der Waals surface area contributed by atoms with Crippen molar-refractivity contribution in [3.63, 3.8) is 0 Å². The Morgan fingerprint density at radius 2 is 1.84 bits per heavy atom. The van der Waals surface area contributed by atoms with E-state index < -0.39 is 0 Å². The van der Waals surface area contributed by atoms with Gasteiger partial charge in [-0.25, -0.2) is 14.4 Å². The van der Waals surface area contributed by atoms with Gasteiger partial charge in [-0.1, -0.05) is 31.3 Å². The number of aromatic nitrogens is 3. The lowest BCUT2D eigenvalue weighted by molar-refractivity contribution is 0.0938. The molecule has 8 nitrogen and oxygen atoms in total. The minimum Gasteiger partial charge on any atom is -0.375 e. The number of imidazole rings is 1. The molecule has 2 aromatic carbocycles. The fraction of sp³-hybridized carbons (Fsp3) is 0.214. The van der Waals surface area contributed by atoms with E-state index in [2.05, 4.69) is 29.5 Å². The highest BCUT2D eigenvalue weighted by Gasteiger charge is 2.24. The number of carbonyl (C=O) groups is 2. The Bertz CT molecular complexity index is 1640. The Morgan fingerprint density at radius 1 is 1.05 bits per heavy atom. The lowest BCUT2D eigenvalue weighted by Crippen LogP contribution is -2.27. The number of nitrogens with two attached hydrogens (primary N) is 1. The molecule has 0 atom stereocenters. The number of benzene rings is 2. The van der Waals surface area contributed by atoms with Crippen molar-refractivity contribution < 1.29 is 14.0 Å². The van der Waals surface area contributed by atoms with E-state index >= 15 is 0 Å². The van der Waals surface area contributed by atoms with Crippen LogP contribution in [0.2, 0.25) is 0 Å². The van der Waals surface area contributed by atoms with Crippen LogP contribution in [0.3, 0.4) is 0 Å². The smallest absolute Gasteiger partial charge is 0.270 e. The third kappa shape index (κ3) is 5.21. The second-order valence-electron chi connectivity index (χ2n) is 9.41. The molecule has 2 amide bonds. The van der Waals surface area contributed by atoms with Crippen molar-refractivity contribution in [1.82, 2.24) is 25.0 Å². The summed E-state index contributed by atoms with van der Waals surface area (Å²) in [5, 5.41) is 6.39. The molecule has 0 fully saturated rings. The number of anilines is 1. The molecule has 0 saturated heterocycles. The van der Waals surface area contributed by atoms with E-state index in [9.17, 15) is 14.0 Å². The first-order valence-corrected chi connectivity index (χ1v) is 13.1. The van der Waals surface area contributed by atoms with E-state index in [1.54, 1.807) is 34.9 Å². The van der Waals surface area contributed by atoms with Gasteiger partial charge in [0.25, 0.3) is 11.8 Å². The van der Waals surface area contributed by atoms with Crippen molar-refractivity contribution in [2.75, 3.05) is 12.3 Å². The van der Waals surface area contributed by atoms with Crippen molar-refractivity contribution in [1.29, 1.82) is 0 Å². The van der Waals surface area contributed by atoms with Gasteiger partial charge in [0.05, 0.1) is 15.8 Å². The Hall–Kier alpha value is -4.31. The van der Waals surface area contributed by atoms with Gasteiger partial charge in [-0.3, -0.25) is 14.0 Å². The van der Waals surface area contributed by atoms with E-state index in [1.807, 2.05) is 18.2 Å². The maximum absolute atomic E-state index is 13.6. The number of carbonyl (C=O) groups excluding carboxylic acids is 2. The van der Waals surface area contributed by atoms with Crippen LogP contribution in [-0.4, -0.2) is 32.7 Å². The molecule has 38 heavy (non-hydrogen) atoms. The Labute approximate surface area is 222 Å². The molecular weight excluding hydrogens is 503 g/mol. The van der Waals surface area contributed by atoms with Crippen molar-refractivity contribution in [2.45, 2.75) is 26.8 Å². The number of rotatable bonds is 8. The molecule has 5 rings (SSSR count). The number of amides is 2. The Morgan fingerprint density at radius 3 is 2.61 bits per heavy atom. The predicted molar refractivity (Wildman–Crippen MR) is 148 cm³/mol. The molecular formula is C28H27FN6O2S. The summed E-state index contributed by atoms with van der Waals surface area (Å²) in [6, 6.07) is 14.9. The summed E-state index contributed by atoms with van der Waals surface area (Å²) in [6.45, 7) is 4.96. The molecule has 0 aliphatic carbocycles. The molecule has 0 unspecified atom stereocenters. The lowest BCUT2D eigenvalue weighted by Gasteiger charge is -2.10. The quantitative estimate of drug-likeness (QED) is 0.260. The molecule has 0 aliphatic rings. The number of hydrogen-bond acceptors (Lipinski definition) is 6. The molecule has 3 heterocycles. The van der Waals surface area contributed by atoms with Crippen LogP contribution in [0.5, 0.6) is 0 Å². The van der Waals surface area contributed by atoms with Crippen LogP contribution in [0.4, 0.5) is 9.52 Å². The summed E-state index contributed by atoms with van der Waals surface area (Å²) in [5.41, 5.74) is 9.42. The van der Waals surface area contributed by atoms with Crippen LogP contribution >= 0.6 is 11.3 Å². The molecule has 3 aromatic heterocycles. The van der Waals surface area contributed by atoms with Crippen molar-refractivity contribution >= 4 is 44.1 Å². The average Bonchev–Trinajstić information content (AvgIpc) is 3.46. The second-order valence-corrected chi connectivity index (χ2v) is 10.5. The monoisotopic (exact) mass is 530 g/mol. The Balaban J connectivity index is 1.47. The number of thiazole rings is 1. The highest BCUT2D eigenvalue weighted by atomic mass is 32.1. The van der Waals surface area contributed by atoms with Gasteiger partial charge in [0.2, 0.25) is 0 Å². The molecule has 4 N–H and O–H groups in total. The van der Waals surface area contributed by atoms with E-state index in [1.165, 1.54) is 23.5 Å². The summed E-state index contributed by atoms with van der Waals surface area (Å²) in [7, 11) is 0. The van der Waals surface area contributed by atoms with Gasteiger partial charge in [-0.15, -0.1) is 0 Å². The van der Waals surface area contributed by atoms with Crippen LogP contribution in [0, 0.1) is 11.7 Å². The molecule has 5 aromatic rings. The Kier molecular flexibility index (Phi) is 7.06. The van der Waals surface area contributed by atoms with Gasteiger partial charge in [0.1, 0.15) is 17.2 Å². The highest BCUT2D eigenvalue weighted by Crippen LogP contribution is 2.27. The number of pyridine rings is 1. The van der Waals surface area contributed by atoms with Crippen LogP contribution < -0.4 is 16.4 Å². The van der Waals surface area contributed by atoms with Gasteiger partial charge in [-0.2, -0.15) is 0 Å². The predicted octanol–water partition coefficient (Wildman–Crippen LogP) is 5.04. The summed E-state index contributed by atoms with van der Waals surface area (Å²) < 4.78 is 16.2. The zero-order valence-corrected chi connectivity index (χ0v) is 21.8. The number of nitrogens with zero attached hydrogens (tertiary/aromatic N) is 3. The minimum absolute atomic E-state index is 0.290. The van der Waals surface area contributed by atoms with Crippen LogP contribution in [-0.2, 0) is 6.54 Å². The van der Waals surface area contributed by atoms with Crippen LogP contribution in [0.25, 0.3) is 27.1 Å². The fourth-order valence-corrected chi connectivity index (χ4v) is 5.00. The third-order valence-corrected chi connectivity index (χ3v) is 7.00. The molecule has 194 valence electrons. The first kappa shape index (κ1) is 25.3. The molecule has 0 aliphatic heterocycles. The summed E-state index contributed by atoms with van der Waals surface area (Å²) >= 11 is 1.39. The van der Waals surface area contributed by atoms with Gasteiger partial charge in [0.15, 0.2) is 10.8 Å². The molecule has 0 bridgehead atoms. The third-order valence-electron chi connectivity index (χ3n) is 6.16. The SMILES string of the molecule is CC(C)CCNC(=O)c1c(-c2ccc(F)cc2)nc2c(C(=O)NCc3ccc4nc(N)sc4c3)cccn12. The number of fused-ring (bicyclic) bond motifs is 2. The number of halogens is 1. The van der Waals surface area contributed by atoms with Crippen LogP contribution in [0.1, 0.15) is 46.7 Å². The van der Waals surface area contributed by atoms with Gasteiger partial charge >= 0.3 is 0 Å². The zero-order chi connectivity index (χ0) is 26.8. The standard InChI is InChI=1S/C28H27FN6O2S/c1-16(2)11-12-31-27(37)24-23(18-6-8-19(29)9-7-18)34-25-20(4-3-13-35(24)25)26(36)32-15-17-5-10-21-22(14-17)38-28(30)33-21/h3-10,13-14,16H,11-12,15H2,1-2H3,(H2,30,33)(H,31,37)(H,32,36). The fourth-order valence-electron chi connectivity index (χ4n) is 4.20. The number of hydrogen-bond donors (Lipinski definition) is 3. The maximum atomic E-state index is 13.6. The van der Waals surface area contributed by atoms with E-state index in [4.69, 9.17) is 10.7 Å². The van der Waals surface area contributed by atoms with E-state index in [0.29, 0.717) is 52.3 Å². The van der Waals surface area contributed by atoms with Crippen molar-refractivity contribution in [2.24, 2.45) is 5.92 Å². The van der Waals surface area contributed by atoms with Crippen molar-refractivity contribution in [3.8, 4) is 11.3 Å². The summed E-state index contributed by atoms with van der Waals surface area (Å²) in [6.07, 6.45) is 2.52. The van der Waals surface area contributed by atoms with Crippen LogP contribution in [0.15, 0.2) is 60.8 Å². The maximum Gasteiger partial charge on any atom is 0.270 e. The molecule has 0 radical (unpaired) electrons. The zero-order valence-electron chi connectivity index (χ0n) is 21.0. The van der Waals surface area contributed by atoms with Gasteiger partial charge in [0, 0.05) is 24.8 Å². The summed E-state index contributed by atoms with van der Waals surface area (Å²) in [4.78, 5) is 35.5. The average molecular weight is 531 g/mol. The van der Waals surface area contributed by atoms with Crippen molar-refractivity contribution in [3.05, 3.63) is 83.4 Å². The lowest BCUT2D eigenvalue weighted by atomic mass is 10.1. The first-order chi connectivity index (χ1) is 18.3. The topological polar surface area (TPSA) is 114 Å².